The molecule has 0 saturated carbocycles. The van der Waals surface area contributed by atoms with E-state index in [0.717, 1.165) is 4.31 Å². The lowest BCUT2D eigenvalue weighted by Gasteiger charge is -2.33. The Morgan fingerprint density at radius 1 is 0.872 bits per heavy atom. The van der Waals surface area contributed by atoms with Crippen LogP contribution >= 0.6 is 34.8 Å². The van der Waals surface area contributed by atoms with Gasteiger partial charge >= 0.3 is 0 Å². The van der Waals surface area contributed by atoms with E-state index in [1.54, 1.807) is 68.4 Å². The van der Waals surface area contributed by atoms with E-state index in [0.29, 0.717) is 26.2 Å². The number of nitrogens with one attached hydrogen (secondary N) is 1. The van der Waals surface area contributed by atoms with E-state index in [2.05, 4.69) is 5.32 Å². The van der Waals surface area contributed by atoms with Crippen molar-refractivity contribution < 1.29 is 18.0 Å². The van der Waals surface area contributed by atoms with E-state index < -0.39 is 28.5 Å². The molecule has 0 fully saturated rings. The fourth-order valence-corrected chi connectivity index (χ4v) is 5.90. The lowest BCUT2D eigenvalue weighted by molar-refractivity contribution is -0.139. The zero-order chi connectivity index (χ0) is 28.9. The Balaban J connectivity index is 2.08. The predicted octanol–water partition coefficient (Wildman–Crippen LogP) is 6.09. The van der Waals surface area contributed by atoms with Crippen molar-refractivity contribution in [3.8, 4) is 0 Å². The van der Waals surface area contributed by atoms with Crippen molar-refractivity contribution >= 4 is 62.3 Å². The van der Waals surface area contributed by atoms with Gasteiger partial charge in [-0.05, 0) is 75.2 Å². The number of hydrogen-bond donors (Lipinski definition) is 1. The van der Waals surface area contributed by atoms with E-state index in [-0.39, 0.29) is 29.1 Å². The van der Waals surface area contributed by atoms with E-state index in [1.807, 2.05) is 13.8 Å². The van der Waals surface area contributed by atoms with Gasteiger partial charge in [0, 0.05) is 17.6 Å². The van der Waals surface area contributed by atoms with Crippen molar-refractivity contribution in [1.82, 2.24) is 10.2 Å². The monoisotopic (exact) mass is 609 g/mol. The van der Waals surface area contributed by atoms with Crippen LogP contribution in [-0.4, -0.2) is 43.8 Å². The van der Waals surface area contributed by atoms with E-state index in [4.69, 9.17) is 34.8 Å². The Kier molecular flexibility index (Phi) is 10.3. The summed E-state index contributed by atoms with van der Waals surface area (Å²) in [7, 11) is -4.18. The zero-order valence-corrected chi connectivity index (χ0v) is 25.1. The largest absolute Gasteiger partial charge is 0.352 e. The Labute approximate surface area is 244 Å². The maximum Gasteiger partial charge on any atom is 0.264 e. The van der Waals surface area contributed by atoms with Crippen LogP contribution in [0.2, 0.25) is 15.1 Å². The molecule has 0 aromatic heterocycles. The summed E-state index contributed by atoms with van der Waals surface area (Å²) in [5.74, 6) is -0.971. The van der Waals surface area contributed by atoms with Crippen LogP contribution in [0.3, 0.4) is 0 Å². The molecule has 0 aliphatic heterocycles. The van der Waals surface area contributed by atoms with Crippen LogP contribution in [0.5, 0.6) is 0 Å². The lowest BCUT2D eigenvalue weighted by atomic mass is 10.1. The second kappa shape index (κ2) is 13.0. The maximum absolute atomic E-state index is 13.9. The second-order valence-electron chi connectivity index (χ2n) is 9.32. The average Bonchev–Trinajstić information content (AvgIpc) is 2.89. The van der Waals surface area contributed by atoms with Gasteiger partial charge in [0.1, 0.15) is 12.6 Å². The molecule has 3 aromatic rings. The number of benzene rings is 3. The second-order valence-corrected chi connectivity index (χ2v) is 12.4. The highest BCUT2D eigenvalue weighted by molar-refractivity contribution is 7.92. The molecule has 0 spiro atoms. The molecule has 3 rings (SSSR count). The van der Waals surface area contributed by atoms with Crippen LogP contribution < -0.4 is 9.62 Å². The summed E-state index contributed by atoms with van der Waals surface area (Å²) in [5, 5.41) is 3.81. The molecular formula is C28H30Cl3N3O4S. The quantitative estimate of drug-likeness (QED) is 0.301. The van der Waals surface area contributed by atoms with Crippen LogP contribution in [0, 0.1) is 6.92 Å². The minimum atomic E-state index is -4.18. The maximum atomic E-state index is 13.9. The third-order valence-corrected chi connectivity index (χ3v) is 8.98. The Hall–Kier alpha value is -2.78. The molecule has 0 bridgehead atoms. The topological polar surface area (TPSA) is 86.8 Å². The molecule has 0 heterocycles. The van der Waals surface area contributed by atoms with Gasteiger partial charge in [-0.1, -0.05) is 65.1 Å². The lowest BCUT2D eigenvalue weighted by Crippen LogP contribution is -2.52. The third-order valence-electron chi connectivity index (χ3n) is 6.05. The van der Waals surface area contributed by atoms with Crippen LogP contribution in [0.1, 0.15) is 31.9 Å². The molecule has 0 aliphatic rings. The highest BCUT2D eigenvalue weighted by atomic mass is 35.5. The van der Waals surface area contributed by atoms with Gasteiger partial charge < -0.3 is 10.2 Å². The third kappa shape index (κ3) is 7.45. The summed E-state index contributed by atoms with van der Waals surface area (Å²) in [6, 6.07) is 16.5. The Bertz CT molecular complexity index is 1450. The molecule has 3 aromatic carbocycles. The summed E-state index contributed by atoms with van der Waals surface area (Å²) in [4.78, 5) is 28.3. The molecule has 208 valence electrons. The number of halogens is 3. The fraction of sp³-hybridized carbons (Fsp3) is 0.286. The van der Waals surface area contributed by atoms with Gasteiger partial charge in [-0.25, -0.2) is 8.42 Å². The van der Waals surface area contributed by atoms with Crippen LogP contribution in [0.25, 0.3) is 0 Å². The predicted molar refractivity (Wildman–Crippen MR) is 157 cm³/mol. The number of amides is 2. The molecule has 39 heavy (non-hydrogen) atoms. The minimum absolute atomic E-state index is 0.00381. The van der Waals surface area contributed by atoms with Crippen molar-refractivity contribution in [3.63, 3.8) is 0 Å². The van der Waals surface area contributed by atoms with Crippen molar-refractivity contribution in [3.05, 3.63) is 92.9 Å². The van der Waals surface area contributed by atoms with Crippen molar-refractivity contribution in [2.45, 2.75) is 51.2 Å². The molecule has 1 N–H and O–H groups in total. The number of sulfonamides is 1. The Morgan fingerprint density at radius 2 is 1.54 bits per heavy atom. The van der Waals surface area contributed by atoms with Crippen molar-refractivity contribution in [1.29, 1.82) is 0 Å². The molecule has 11 heteroatoms. The fourth-order valence-electron chi connectivity index (χ4n) is 3.92. The smallest absolute Gasteiger partial charge is 0.264 e. The van der Waals surface area contributed by atoms with E-state index >= 15 is 0 Å². The van der Waals surface area contributed by atoms with Crippen LogP contribution in [-0.2, 0) is 26.2 Å². The van der Waals surface area contributed by atoms with Gasteiger partial charge in [0.15, 0.2) is 0 Å². The number of hydrogen-bond acceptors (Lipinski definition) is 4. The molecule has 1 atom stereocenters. The standard InChI is InChI=1S/C28H30Cl3N3O4S/c1-18(2)32-28(36)20(4)33(16-21-13-14-24(30)25(31)15-21)27(35)17-34(26-12-8-11-23(29)19(26)3)39(37,38)22-9-6-5-7-10-22/h5-15,18,20H,16-17H2,1-4H3,(H,32,36). The van der Waals surface area contributed by atoms with Gasteiger partial charge in [0.05, 0.1) is 20.6 Å². The minimum Gasteiger partial charge on any atom is -0.352 e. The summed E-state index contributed by atoms with van der Waals surface area (Å²) >= 11 is 18.6. The first-order valence-electron chi connectivity index (χ1n) is 12.2. The average molecular weight is 611 g/mol. The van der Waals surface area contributed by atoms with Crippen LogP contribution in [0.15, 0.2) is 71.6 Å². The van der Waals surface area contributed by atoms with Gasteiger partial charge in [-0.2, -0.15) is 0 Å². The van der Waals surface area contributed by atoms with Gasteiger partial charge in [0.2, 0.25) is 11.8 Å². The molecule has 0 aliphatic carbocycles. The molecule has 0 saturated heterocycles. The van der Waals surface area contributed by atoms with Gasteiger partial charge in [-0.15, -0.1) is 0 Å². The van der Waals surface area contributed by atoms with Gasteiger partial charge in [-0.3, -0.25) is 13.9 Å². The molecule has 2 amide bonds. The Morgan fingerprint density at radius 3 is 2.15 bits per heavy atom. The summed E-state index contributed by atoms with van der Waals surface area (Å²) in [6.07, 6.45) is 0. The number of carbonyl (C=O) groups is 2. The molecular weight excluding hydrogens is 581 g/mol. The number of rotatable bonds is 10. The highest BCUT2D eigenvalue weighted by Gasteiger charge is 2.33. The SMILES string of the molecule is Cc1c(Cl)cccc1N(CC(=O)N(Cc1ccc(Cl)c(Cl)c1)C(C)C(=O)NC(C)C)S(=O)(=O)c1ccccc1. The normalized spacial score (nSPS) is 12.2. The first kappa shape index (κ1) is 30.8. The molecule has 7 nitrogen and oxygen atoms in total. The number of carbonyl (C=O) groups excluding carboxylic acids is 2. The summed E-state index contributed by atoms with van der Waals surface area (Å²) in [5.41, 5.74) is 1.37. The number of nitrogens with zero attached hydrogens (tertiary/aromatic N) is 2. The summed E-state index contributed by atoms with van der Waals surface area (Å²) < 4.78 is 28.7. The van der Waals surface area contributed by atoms with E-state index in [1.165, 1.54) is 17.0 Å². The van der Waals surface area contributed by atoms with Gasteiger partial charge in [0.25, 0.3) is 10.0 Å². The number of anilines is 1. The van der Waals surface area contributed by atoms with E-state index in [9.17, 15) is 18.0 Å². The zero-order valence-electron chi connectivity index (χ0n) is 22.0. The molecule has 1 unspecified atom stereocenters. The highest BCUT2D eigenvalue weighted by Crippen LogP contribution is 2.31. The molecule has 0 radical (unpaired) electrons. The first-order chi connectivity index (χ1) is 18.3. The van der Waals surface area contributed by atoms with Crippen LogP contribution in [0.4, 0.5) is 5.69 Å². The van der Waals surface area contributed by atoms with Crippen molar-refractivity contribution in [2.75, 3.05) is 10.8 Å². The summed E-state index contributed by atoms with van der Waals surface area (Å²) in [6.45, 7) is 6.32. The van der Waals surface area contributed by atoms with Crippen molar-refractivity contribution in [2.24, 2.45) is 0 Å². The first-order valence-corrected chi connectivity index (χ1v) is 14.8.